The smallest absolute Gasteiger partial charge is 0.258 e. The number of amides is 1. The highest BCUT2D eigenvalue weighted by atomic mass is 35.5. The molecule has 2 aromatic carbocycles. The number of piperazine rings is 1. The van der Waals surface area contributed by atoms with Gasteiger partial charge in [0.1, 0.15) is 16.7 Å². The van der Waals surface area contributed by atoms with Gasteiger partial charge in [-0.1, -0.05) is 18.2 Å². The van der Waals surface area contributed by atoms with E-state index in [1.165, 1.54) is 34.1 Å². The minimum atomic E-state index is -2.13. The van der Waals surface area contributed by atoms with Crippen molar-refractivity contribution in [3.63, 3.8) is 0 Å². The molecule has 3 rings (SSSR count). The molecule has 1 aliphatic heterocycles. The average Bonchev–Trinajstić information content (AvgIpc) is 2.90. The van der Waals surface area contributed by atoms with Crippen molar-refractivity contribution in [2.75, 3.05) is 66.5 Å². The maximum Gasteiger partial charge on any atom is 0.258 e. The lowest BCUT2D eigenvalue weighted by Crippen LogP contribution is -2.46. The number of likely N-dealkylation sites (N-methyl/N-ethyl adjacent to an activating group) is 2. The van der Waals surface area contributed by atoms with Gasteiger partial charge >= 0.3 is 0 Å². The summed E-state index contributed by atoms with van der Waals surface area (Å²) in [6.45, 7) is 8.54. The van der Waals surface area contributed by atoms with Gasteiger partial charge in [0.05, 0.1) is 11.4 Å². The fourth-order valence-electron chi connectivity index (χ4n) is 3.73. The molecule has 1 heterocycles. The molecule has 2 aromatic rings. The highest BCUT2D eigenvalue weighted by Gasteiger charge is 2.24. The summed E-state index contributed by atoms with van der Waals surface area (Å²) in [7, 11) is 1.78. The van der Waals surface area contributed by atoms with Crippen LogP contribution in [0.3, 0.4) is 0 Å². The zero-order valence-corrected chi connectivity index (χ0v) is 22.9. The standard InChI is InChI=1S/C25H32ClF2N5O4S/c1-18(16-32-11-8-30(2)9-12-32)31(3)10-13-33(17-24(34)29-35)38(36)21-14-22(27)25(23(28)15-21)37-20-6-4-19(26)5-7-20/h4-7,14-15,35H,1,8-13,16-17H2,2-3H3,(H,29,34). The Morgan fingerprint density at radius 2 is 1.76 bits per heavy atom. The molecule has 0 aliphatic carbocycles. The van der Waals surface area contributed by atoms with E-state index in [-0.39, 0.29) is 17.2 Å². The largest absolute Gasteiger partial charge is 0.451 e. The molecule has 13 heteroatoms. The molecule has 0 aromatic heterocycles. The number of hydroxylamine groups is 1. The topological polar surface area (TPSA) is 88.6 Å². The second-order valence-electron chi connectivity index (χ2n) is 8.99. The SMILES string of the molecule is C=C(CN1CCN(C)CC1)N(C)CCN(CC(=O)NO)S(=O)c1cc(F)c(Oc2ccc(Cl)cc2)c(F)c1. The van der Waals surface area contributed by atoms with Crippen LogP contribution in [0.2, 0.25) is 5.02 Å². The zero-order chi connectivity index (χ0) is 27.8. The maximum absolute atomic E-state index is 14.8. The molecule has 38 heavy (non-hydrogen) atoms. The Hall–Kier alpha value is -2.61. The van der Waals surface area contributed by atoms with Gasteiger partial charge in [-0.3, -0.25) is 14.9 Å². The average molecular weight is 572 g/mol. The molecule has 1 fully saturated rings. The van der Waals surface area contributed by atoms with Gasteiger partial charge in [0.2, 0.25) is 0 Å². The monoisotopic (exact) mass is 571 g/mol. The van der Waals surface area contributed by atoms with Crippen molar-refractivity contribution in [2.45, 2.75) is 4.90 Å². The Balaban J connectivity index is 1.68. The number of nitrogens with one attached hydrogen (secondary N) is 1. The zero-order valence-electron chi connectivity index (χ0n) is 21.3. The van der Waals surface area contributed by atoms with Crippen molar-refractivity contribution in [1.29, 1.82) is 0 Å². The summed E-state index contributed by atoms with van der Waals surface area (Å²) in [6, 6.07) is 7.72. The molecule has 1 saturated heterocycles. The number of nitrogens with zero attached hydrogens (tertiary/aromatic N) is 4. The molecule has 9 nitrogen and oxygen atoms in total. The number of carbonyl (C=O) groups is 1. The number of hydrogen-bond acceptors (Lipinski definition) is 7. The van der Waals surface area contributed by atoms with Crippen LogP contribution in [0, 0.1) is 11.6 Å². The van der Waals surface area contributed by atoms with Gasteiger partial charge in [0.25, 0.3) is 5.91 Å². The van der Waals surface area contributed by atoms with Crippen molar-refractivity contribution < 1.29 is 27.7 Å². The lowest BCUT2D eigenvalue weighted by Gasteiger charge is -2.35. The molecule has 1 aliphatic rings. The van der Waals surface area contributed by atoms with E-state index in [9.17, 15) is 17.8 Å². The molecule has 0 spiro atoms. The summed E-state index contributed by atoms with van der Waals surface area (Å²) in [4.78, 5) is 18.1. The summed E-state index contributed by atoms with van der Waals surface area (Å²) in [5.41, 5.74) is 2.34. The van der Waals surface area contributed by atoms with Crippen molar-refractivity contribution in [2.24, 2.45) is 0 Å². The third kappa shape index (κ3) is 8.45. The lowest BCUT2D eigenvalue weighted by molar-refractivity contribution is -0.129. The minimum Gasteiger partial charge on any atom is -0.451 e. The highest BCUT2D eigenvalue weighted by Crippen LogP contribution is 2.30. The molecular formula is C25H32ClF2N5O4S. The second-order valence-corrected chi connectivity index (χ2v) is 10.9. The van der Waals surface area contributed by atoms with E-state index in [0.717, 1.165) is 44.0 Å². The summed E-state index contributed by atoms with van der Waals surface area (Å²) in [5.74, 6) is -3.43. The van der Waals surface area contributed by atoms with E-state index in [1.807, 2.05) is 11.9 Å². The first-order valence-corrected chi connectivity index (χ1v) is 13.4. The van der Waals surface area contributed by atoms with Crippen LogP contribution >= 0.6 is 11.6 Å². The normalized spacial score (nSPS) is 15.3. The molecule has 0 radical (unpaired) electrons. The number of carbonyl (C=O) groups excluding carboxylic acids is 1. The Morgan fingerprint density at radius 3 is 2.34 bits per heavy atom. The van der Waals surface area contributed by atoms with Crippen LogP contribution in [0.5, 0.6) is 11.5 Å². The summed E-state index contributed by atoms with van der Waals surface area (Å²) >= 11 is 5.82. The molecular weight excluding hydrogens is 540 g/mol. The van der Waals surface area contributed by atoms with Crippen LogP contribution < -0.4 is 10.2 Å². The van der Waals surface area contributed by atoms with Crippen LogP contribution in [0.25, 0.3) is 0 Å². The fraction of sp³-hybridized carbons (Fsp3) is 0.400. The van der Waals surface area contributed by atoms with Crippen molar-refractivity contribution in [1.82, 2.24) is 24.5 Å². The first-order valence-electron chi connectivity index (χ1n) is 11.9. The number of hydrogen-bond donors (Lipinski definition) is 2. The van der Waals surface area contributed by atoms with Crippen LogP contribution in [0.1, 0.15) is 0 Å². The van der Waals surface area contributed by atoms with E-state index >= 15 is 0 Å². The Labute approximate surface area is 228 Å². The number of halogens is 3. The molecule has 208 valence electrons. The van der Waals surface area contributed by atoms with Gasteiger partial charge in [0.15, 0.2) is 17.4 Å². The first-order chi connectivity index (χ1) is 18.1. The predicted octanol–water partition coefficient (Wildman–Crippen LogP) is 2.93. The third-order valence-corrected chi connectivity index (χ3v) is 7.78. The quantitative estimate of drug-likeness (QED) is 0.299. The number of rotatable bonds is 12. The van der Waals surface area contributed by atoms with E-state index in [0.29, 0.717) is 18.1 Å². The predicted molar refractivity (Wildman–Crippen MR) is 142 cm³/mol. The van der Waals surface area contributed by atoms with Crippen LogP contribution in [0.15, 0.2) is 53.6 Å². The Kier molecular flexibility index (Phi) is 11.0. The minimum absolute atomic E-state index is 0.0879. The van der Waals surface area contributed by atoms with Gasteiger partial charge in [-0.2, -0.15) is 0 Å². The molecule has 0 bridgehead atoms. The van der Waals surface area contributed by atoms with Crippen LogP contribution in [0.4, 0.5) is 8.78 Å². The summed E-state index contributed by atoms with van der Waals surface area (Å²) in [5, 5.41) is 9.42. The lowest BCUT2D eigenvalue weighted by atomic mass is 10.3. The van der Waals surface area contributed by atoms with E-state index in [1.54, 1.807) is 0 Å². The molecule has 1 unspecified atom stereocenters. The van der Waals surface area contributed by atoms with Crippen molar-refractivity contribution in [3.8, 4) is 11.5 Å². The van der Waals surface area contributed by atoms with Gasteiger partial charge in [-0.25, -0.2) is 22.8 Å². The van der Waals surface area contributed by atoms with Crippen molar-refractivity contribution in [3.05, 3.63) is 65.3 Å². The molecule has 0 saturated carbocycles. The van der Waals surface area contributed by atoms with Gasteiger partial charge in [0, 0.05) is 63.6 Å². The first kappa shape index (κ1) is 29.9. The Bertz CT molecular complexity index is 1130. The third-order valence-electron chi connectivity index (χ3n) is 6.11. The number of benzene rings is 2. The fourth-order valence-corrected chi connectivity index (χ4v) is 5.04. The van der Waals surface area contributed by atoms with Gasteiger partial charge in [-0.15, -0.1) is 0 Å². The Morgan fingerprint density at radius 1 is 1.16 bits per heavy atom. The van der Waals surface area contributed by atoms with Crippen LogP contribution in [-0.2, 0) is 15.8 Å². The van der Waals surface area contributed by atoms with E-state index < -0.39 is 40.8 Å². The molecule has 2 N–H and O–H groups in total. The van der Waals surface area contributed by atoms with E-state index in [2.05, 4.69) is 23.4 Å². The summed E-state index contributed by atoms with van der Waals surface area (Å²) in [6.07, 6.45) is 0. The molecule has 1 amide bonds. The van der Waals surface area contributed by atoms with Crippen LogP contribution in [-0.4, -0.2) is 101 Å². The van der Waals surface area contributed by atoms with Gasteiger partial charge < -0.3 is 14.5 Å². The number of ether oxygens (including phenoxy) is 1. The summed E-state index contributed by atoms with van der Waals surface area (Å²) < 4.78 is 49.4. The second kappa shape index (κ2) is 14.0. The maximum atomic E-state index is 14.8. The van der Waals surface area contributed by atoms with Crippen molar-refractivity contribution >= 4 is 28.5 Å². The van der Waals surface area contributed by atoms with E-state index in [4.69, 9.17) is 21.5 Å². The van der Waals surface area contributed by atoms with Gasteiger partial charge in [-0.05, 0) is 43.4 Å². The molecule has 1 atom stereocenters. The highest BCUT2D eigenvalue weighted by molar-refractivity contribution is 7.82.